The van der Waals surface area contributed by atoms with Crippen molar-refractivity contribution in [3.8, 4) is 0 Å². The van der Waals surface area contributed by atoms with Crippen LogP contribution < -0.4 is 0 Å². The maximum Gasteiger partial charge on any atom is 0.318 e. The molecule has 0 fully saturated rings. The molecule has 1 atom stereocenters. The van der Waals surface area contributed by atoms with Crippen molar-refractivity contribution in [2.75, 3.05) is 26.4 Å². The molecule has 0 aromatic heterocycles. The third-order valence-electron chi connectivity index (χ3n) is 1.80. The summed E-state index contributed by atoms with van der Waals surface area (Å²) < 4.78 is 1.12. The molecule has 14 heavy (non-hydrogen) atoms. The Kier molecular flexibility index (Phi) is 9.42. The molecule has 0 aromatic carbocycles. The quantitative estimate of drug-likeness (QED) is 0.317. The Morgan fingerprint density at radius 3 is 1.79 bits per heavy atom. The molecule has 0 heterocycles. The summed E-state index contributed by atoms with van der Waals surface area (Å²) in [6.45, 7) is -1.93. The summed E-state index contributed by atoms with van der Waals surface area (Å²) in [5, 5.41) is 35.1. The van der Waals surface area contributed by atoms with Crippen LogP contribution in [-0.2, 0) is 4.79 Å². The van der Waals surface area contributed by atoms with Crippen molar-refractivity contribution in [1.82, 2.24) is 4.67 Å². The fourth-order valence-corrected chi connectivity index (χ4v) is 1.14. The van der Waals surface area contributed by atoms with Crippen molar-refractivity contribution >= 4 is 39.3 Å². The van der Waals surface area contributed by atoms with Gasteiger partial charge in [0.2, 0.25) is 0 Å². The van der Waals surface area contributed by atoms with Crippen LogP contribution in [0, 0.1) is 0 Å². The summed E-state index contributed by atoms with van der Waals surface area (Å²) >= 11 is 0. The average Bonchev–Trinajstić information content (AvgIpc) is 2.07. The number of hydrogen-bond acceptors (Lipinski definition) is 5. The Morgan fingerprint density at radius 1 is 1.21 bits per heavy atom. The van der Waals surface area contributed by atoms with Crippen molar-refractivity contribution in [3.63, 3.8) is 0 Å². The van der Waals surface area contributed by atoms with Crippen LogP contribution in [0.1, 0.15) is 0 Å². The second-order valence-corrected chi connectivity index (χ2v) is 3.34. The summed E-state index contributed by atoms with van der Waals surface area (Å²) in [4.78, 5) is 10.3. The van der Waals surface area contributed by atoms with Crippen LogP contribution >= 0.6 is 9.39 Å². The Bertz CT molecular complexity index is 169. The van der Waals surface area contributed by atoms with Crippen molar-refractivity contribution in [3.05, 3.63) is 0 Å². The molecule has 6 nitrogen and oxygen atoms in total. The van der Waals surface area contributed by atoms with E-state index in [0.29, 0.717) is 0 Å². The Hall–Kier alpha value is 0.539. The van der Waals surface area contributed by atoms with Gasteiger partial charge in [0.15, 0.2) is 0 Å². The first kappa shape index (κ1) is 17.0. The molecule has 0 spiro atoms. The van der Waals surface area contributed by atoms with E-state index in [0.717, 1.165) is 4.67 Å². The van der Waals surface area contributed by atoms with E-state index < -0.39 is 31.3 Å². The number of aliphatic hydroxyl groups excluding tert-OH is 3. The molecule has 0 aromatic rings. The molecular weight excluding hydrogens is 316 g/mol. The third kappa shape index (κ3) is 4.37. The predicted molar refractivity (Wildman–Crippen MR) is 53.8 cm³/mol. The SMILES string of the molecule is O=C(O)CN(P)C(CO)(CO)CO.[Sn]. The maximum atomic E-state index is 10.3. The molecule has 0 aliphatic heterocycles. The van der Waals surface area contributed by atoms with Gasteiger partial charge in [-0.25, -0.2) is 0 Å². The number of carboxylic acid groups (broad SMARTS) is 1. The number of nitrogens with zero attached hydrogens (tertiary/aromatic N) is 1. The first-order valence-corrected chi connectivity index (χ1v) is 4.11. The Balaban J connectivity index is 0. The average molecular weight is 330 g/mol. The smallest absolute Gasteiger partial charge is 0.318 e. The summed E-state index contributed by atoms with van der Waals surface area (Å²) in [5.41, 5.74) is -1.30. The topological polar surface area (TPSA) is 101 Å². The number of aliphatic carboxylic acids is 1. The summed E-state index contributed by atoms with van der Waals surface area (Å²) in [6, 6.07) is 0. The fourth-order valence-electron chi connectivity index (χ4n) is 0.736. The van der Waals surface area contributed by atoms with Gasteiger partial charge in [0, 0.05) is 23.9 Å². The molecule has 0 saturated carbocycles. The van der Waals surface area contributed by atoms with E-state index in [9.17, 15) is 4.79 Å². The van der Waals surface area contributed by atoms with Gasteiger partial charge in [-0.2, -0.15) is 0 Å². The van der Waals surface area contributed by atoms with Gasteiger partial charge in [-0.3, -0.25) is 9.46 Å². The van der Waals surface area contributed by atoms with Crippen molar-refractivity contribution in [2.45, 2.75) is 5.54 Å². The first-order valence-electron chi connectivity index (χ1n) is 3.59. The number of carbonyl (C=O) groups is 1. The van der Waals surface area contributed by atoms with Crippen LogP contribution in [0.15, 0.2) is 0 Å². The molecule has 4 radical (unpaired) electrons. The zero-order valence-electron chi connectivity index (χ0n) is 7.55. The van der Waals surface area contributed by atoms with Crippen LogP contribution in [0.5, 0.6) is 0 Å². The Morgan fingerprint density at radius 2 is 1.57 bits per heavy atom. The standard InChI is InChI=1S/C6H14NO5P.Sn/c8-2-6(3-9,4-10)7(13)1-5(11)12;/h8-10H,1-4,13H2,(H,11,12);. The monoisotopic (exact) mass is 331 g/mol. The molecule has 0 amide bonds. The molecule has 82 valence electrons. The van der Waals surface area contributed by atoms with Crippen LogP contribution in [0.4, 0.5) is 0 Å². The largest absolute Gasteiger partial charge is 0.480 e. The minimum Gasteiger partial charge on any atom is -0.480 e. The molecule has 1 unspecified atom stereocenters. The molecular formula is C6H14NO5PSn. The Labute approximate surface area is 101 Å². The van der Waals surface area contributed by atoms with E-state index in [-0.39, 0.29) is 30.5 Å². The molecule has 4 N–H and O–H groups in total. The van der Waals surface area contributed by atoms with Crippen LogP contribution in [0.25, 0.3) is 0 Å². The number of rotatable bonds is 6. The normalized spacial score (nSPS) is 11.2. The van der Waals surface area contributed by atoms with Gasteiger partial charge in [-0.1, -0.05) is 9.39 Å². The first-order chi connectivity index (χ1) is 6.02. The fraction of sp³-hybridized carbons (Fsp3) is 0.833. The number of carboxylic acids is 1. The van der Waals surface area contributed by atoms with Gasteiger partial charge in [-0.05, 0) is 0 Å². The number of hydrogen-bond donors (Lipinski definition) is 4. The van der Waals surface area contributed by atoms with Crippen LogP contribution in [0.3, 0.4) is 0 Å². The molecule has 0 aliphatic rings. The van der Waals surface area contributed by atoms with Gasteiger partial charge in [0.05, 0.1) is 25.4 Å². The van der Waals surface area contributed by atoms with E-state index in [1.54, 1.807) is 0 Å². The van der Waals surface area contributed by atoms with Gasteiger partial charge in [-0.15, -0.1) is 0 Å². The zero-order valence-corrected chi connectivity index (χ0v) is 11.6. The number of aliphatic hydroxyl groups is 3. The molecule has 0 bridgehead atoms. The van der Waals surface area contributed by atoms with Crippen molar-refractivity contribution < 1.29 is 25.2 Å². The van der Waals surface area contributed by atoms with Crippen LogP contribution in [0.2, 0.25) is 0 Å². The molecule has 0 aliphatic carbocycles. The summed E-state index contributed by atoms with van der Waals surface area (Å²) in [7, 11) is 2.05. The van der Waals surface area contributed by atoms with Gasteiger partial charge < -0.3 is 20.4 Å². The van der Waals surface area contributed by atoms with Gasteiger partial charge >= 0.3 is 5.97 Å². The second-order valence-electron chi connectivity index (χ2n) is 2.72. The third-order valence-corrected chi connectivity index (χ3v) is 2.53. The predicted octanol–water partition coefficient (Wildman–Crippen LogP) is -2.50. The maximum absolute atomic E-state index is 10.3. The van der Waals surface area contributed by atoms with E-state index in [1.807, 2.05) is 0 Å². The molecule has 8 heteroatoms. The zero-order chi connectivity index (χ0) is 10.5. The van der Waals surface area contributed by atoms with Gasteiger partial charge in [0.25, 0.3) is 0 Å². The molecule has 0 rings (SSSR count). The minimum absolute atomic E-state index is 0. The van der Waals surface area contributed by atoms with Crippen molar-refractivity contribution in [2.24, 2.45) is 0 Å². The van der Waals surface area contributed by atoms with Crippen LogP contribution in [-0.4, -0.2) is 86.9 Å². The van der Waals surface area contributed by atoms with E-state index in [2.05, 4.69) is 9.39 Å². The second kappa shape index (κ2) is 7.78. The summed E-state index contributed by atoms with van der Waals surface area (Å²) in [6.07, 6.45) is 0. The minimum atomic E-state index is -1.30. The molecule has 0 saturated heterocycles. The van der Waals surface area contributed by atoms with Crippen molar-refractivity contribution in [1.29, 1.82) is 0 Å². The van der Waals surface area contributed by atoms with E-state index in [1.165, 1.54) is 0 Å². The summed E-state index contributed by atoms with van der Waals surface area (Å²) in [5.74, 6) is -1.10. The van der Waals surface area contributed by atoms with E-state index >= 15 is 0 Å². The van der Waals surface area contributed by atoms with Gasteiger partial charge in [0.1, 0.15) is 6.54 Å². The van der Waals surface area contributed by atoms with E-state index in [4.69, 9.17) is 20.4 Å².